The fraction of sp³-hybridized carbons (Fsp3) is 0.368. The van der Waals surface area contributed by atoms with Crippen LogP contribution < -0.4 is 0 Å². The number of aromatic nitrogens is 4. The first kappa shape index (κ1) is 19.7. The summed E-state index contributed by atoms with van der Waals surface area (Å²) in [5.74, 6) is 0.798. The van der Waals surface area contributed by atoms with E-state index in [1.54, 1.807) is 48.4 Å². The maximum Gasteiger partial charge on any atom is 0.282 e. The first-order valence-corrected chi connectivity index (χ1v) is 11.4. The molecule has 0 spiro atoms. The average molecular weight is 405 g/mol. The van der Waals surface area contributed by atoms with E-state index in [-0.39, 0.29) is 10.4 Å². The minimum absolute atomic E-state index is 0.218. The van der Waals surface area contributed by atoms with Crippen molar-refractivity contribution in [3.05, 3.63) is 54.0 Å². The molecule has 2 heterocycles. The largest absolute Gasteiger partial charge is 0.282 e. The molecule has 0 fully saturated rings. The third kappa shape index (κ3) is 3.96. The Bertz CT molecular complexity index is 1040. The molecule has 3 aromatic rings. The van der Waals surface area contributed by atoms with E-state index < -0.39 is 10.0 Å². The van der Waals surface area contributed by atoms with Gasteiger partial charge in [-0.25, -0.2) is 0 Å². The molecule has 0 unspecified atom stereocenters. The molecule has 0 aliphatic rings. The Hall–Kier alpha value is -2.06. The summed E-state index contributed by atoms with van der Waals surface area (Å²) in [5.41, 5.74) is 3.31. The molecule has 6 nitrogen and oxygen atoms in total. The normalized spacial score (nSPS) is 12.5. The summed E-state index contributed by atoms with van der Waals surface area (Å²) in [4.78, 5) is 0.218. The number of thioether (sulfide) groups is 1. The number of hydrogen-bond donors (Lipinski definition) is 0. The molecule has 0 bridgehead atoms. The van der Waals surface area contributed by atoms with Crippen LogP contribution in [-0.4, -0.2) is 33.6 Å². The van der Waals surface area contributed by atoms with E-state index in [1.807, 2.05) is 23.9 Å². The van der Waals surface area contributed by atoms with Crippen molar-refractivity contribution in [2.45, 2.75) is 43.9 Å². The van der Waals surface area contributed by atoms with Crippen molar-refractivity contribution in [1.82, 2.24) is 19.0 Å². The maximum atomic E-state index is 12.9. The van der Waals surface area contributed by atoms with Gasteiger partial charge >= 0.3 is 0 Å². The molecule has 8 heteroatoms. The third-order valence-corrected chi connectivity index (χ3v) is 6.25. The summed E-state index contributed by atoms with van der Waals surface area (Å²) >= 11 is 1.70. The zero-order valence-electron chi connectivity index (χ0n) is 16.2. The quantitative estimate of drug-likeness (QED) is 0.645. The highest BCUT2D eigenvalue weighted by Gasteiger charge is 2.23. The minimum atomic E-state index is -3.72. The molecule has 0 saturated carbocycles. The summed E-state index contributed by atoms with van der Waals surface area (Å²) in [6.07, 6.45) is 5.16. The van der Waals surface area contributed by atoms with Gasteiger partial charge in [-0.1, -0.05) is 17.7 Å². The molecule has 0 amide bonds. The number of hydrogen-bond acceptors (Lipinski definition) is 5. The van der Waals surface area contributed by atoms with Gasteiger partial charge in [0.15, 0.2) is 0 Å². The van der Waals surface area contributed by atoms with E-state index in [2.05, 4.69) is 25.9 Å². The van der Waals surface area contributed by atoms with E-state index in [0.29, 0.717) is 0 Å². The van der Waals surface area contributed by atoms with Crippen molar-refractivity contribution in [2.75, 3.05) is 6.26 Å². The SMILES string of the molecule is CSCc1cc(-c2cnn(S(=O)(=O)c3ccc(C)cc3)c2)n(C(C)(C)C)n1. The Morgan fingerprint density at radius 3 is 2.41 bits per heavy atom. The van der Waals surface area contributed by atoms with Crippen LogP contribution in [0, 0.1) is 6.92 Å². The molecular weight excluding hydrogens is 380 g/mol. The molecule has 3 rings (SSSR count). The zero-order valence-corrected chi connectivity index (χ0v) is 17.8. The smallest absolute Gasteiger partial charge is 0.259 e. The highest BCUT2D eigenvalue weighted by atomic mass is 32.2. The van der Waals surface area contributed by atoms with Crippen LogP contribution in [0.15, 0.2) is 47.6 Å². The van der Waals surface area contributed by atoms with Gasteiger partial charge in [0, 0.05) is 11.3 Å². The van der Waals surface area contributed by atoms with E-state index >= 15 is 0 Å². The Kier molecular flexibility index (Phi) is 5.22. The molecule has 0 N–H and O–H groups in total. The van der Waals surface area contributed by atoms with E-state index in [0.717, 1.165) is 32.4 Å². The molecule has 0 radical (unpaired) electrons. The molecule has 144 valence electrons. The summed E-state index contributed by atoms with van der Waals surface area (Å²) < 4.78 is 28.7. The fourth-order valence-electron chi connectivity index (χ4n) is 2.75. The second kappa shape index (κ2) is 7.16. The second-order valence-electron chi connectivity index (χ2n) is 7.46. The molecule has 0 saturated heterocycles. The predicted octanol–water partition coefficient (Wildman–Crippen LogP) is 3.91. The Labute approximate surface area is 164 Å². The molecule has 27 heavy (non-hydrogen) atoms. The summed E-state index contributed by atoms with van der Waals surface area (Å²) in [6, 6.07) is 8.76. The van der Waals surface area contributed by atoms with E-state index in [4.69, 9.17) is 5.10 Å². The van der Waals surface area contributed by atoms with Crippen LogP contribution in [0.1, 0.15) is 32.0 Å². The predicted molar refractivity (Wildman–Crippen MR) is 109 cm³/mol. The highest BCUT2D eigenvalue weighted by molar-refractivity contribution is 7.97. The van der Waals surface area contributed by atoms with Crippen LogP contribution in [0.4, 0.5) is 0 Å². The van der Waals surface area contributed by atoms with Gasteiger partial charge in [-0.2, -0.15) is 34.5 Å². The van der Waals surface area contributed by atoms with Crippen LogP contribution in [0.3, 0.4) is 0 Å². The third-order valence-electron chi connectivity index (χ3n) is 4.11. The van der Waals surface area contributed by atoms with Crippen LogP contribution in [0.5, 0.6) is 0 Å². The van der Waals surface area contributed by atoms with Gasteiger partial charge < -0.3 is 0 Å². The second-order valence-corrected chi connectivity index (χ2v) is 10.1. The van der Waals surface area contributed by atoms with Crippen molar-refractivity contribution >= 4 is 21.8 Å². The van der Waals surface area contributed by atoms with Crippen molar-refractivity contribution < 1.29 is 8.42 Å². The lowest BCUT2D eigenvalue weighted by atomic mass is 10.1. The Morgan fingerprint density at radius 1 is 1.15 bits per heavy atom. The van der Waals surface area contributed by atoms with Crippen LogP contribution in [-0.2, 0) is 21.3 Å². The van der Waals surface area contributed by atoms with E-state index in [9.17, 15) is 8.42 Å². The molecule has 0 aliphatic heterocycles. The van der Waals surface area contributed by atoms with Crippen molar-refractivity contribution in [3.63, 3.8) is 0 Å². The van der Waals surface area contributed by atoms with Crippen molar-refractivity contribution in [3.8, 4) is 11.3 Å². The molecule has 0 aliphatic carbocycles. The topological polar surface area (TPSA) is 69.8 Å². The molecule has 1 aromatic carbocycles. The average Bonchev–Trinajstić information content (AvgIpc) is 3.22. The number of benzene rings is 1. The summed E-state index contributed by atoms with van der Waals surface area (Å²) in [5, 5.41) is 8.82. The van der Waals surface area contributed by atoms with Gasteiger partial charge in [0.25, 0.3) is 10.0 Å². The first-order chi connectivity index (χ1) is 12.6. The van der Waals surface area contributed by atoms with Crippen LogP contribution >= 0.6 is 11.8 Å². The molecule has 0 atom stereocenters. The van der Waals surface area contributed by atoms with Crippen molar-refractivity contribution in [2.24, 2.45) is 0 Å². The Morgan fingerprint density at radius 2 is 1.81 bits per heavy atom. The first-order valence-electron chi connectivity index (χ1n) is 8.58. The number of rotatable bonds is 5. The Balaban J connectivity index is 2.04. The number of aryl methyl sites for hydroxylation is 1. The monoisotopic (exact) mass is 404 g/mol. The summed E-state index contributed by atoms with van der Waals surface area (Å²) in [6.45, 7) is 8.13. The van der Waals surface area contributed by atoms with Gasteiger partial charge in [0.1, 0.15) is 0 Å². The van der Waals surface area contributed by atoms with Gasteiger partial charge in [0.05, 0.1) is 34.2 Å². The van der Waals surface area contributed by atoms with Gasteiger partial charge in [-0.3, -0.25) is 4.68 Å². The lowest BCUT2D eigenvalue weighted by Crippen LogP contribution is -2.24. The lowest BCUT2D eigenvalue weighted by Gasteiger charge is -2.22. The fourth-order valence-corrected chi connectivity index (χ4v) is 4.31. The van der Waals surface area contributed by atoms with Gasteiger partial charge in [-0.15, -0.1) is 0 Å². The summed E-state index contributed by atoms with van der Waals surface area (Å²) in [7, 11) is -3.72. The molecule has 2 aromatic heterocycles. The maximum absolute atomic E-state index is 12.9. The van der Waals surface area contributed by atoms with Crippen molar-refractivity contribution in [1.29, 1.82) is 0 Å². The van der Waals surface area contributed by atoms with Gasteiger partial charge in [0.2, 0.25) is 0 Å². The zero-order chi connectivity index (χ0) is 19.8. The van der Waals surface area contributed by atoms with Gasteiger partial charge in [-0.05, 0) is 52.1 Å². The minimum Gasteiger partial charge on any atom is -0.259 e. The standard InChI is InChI=1S/C19H24N4O2S2/c1-14-6-8-17(9-7-14)27(24,25)22-12-15(11-20-22)18-10-16(13-26-5)21-23(18)19(2,3)4/h6-12H,13H2,1-5H3. The van der Waals surface area contributed by atoms with Crippen LogP contribution in [0.25, 0.3) is 11.3 Å². The van der Waals surface area contributed by atoms with Crippen LogP contribution in [0.2, 0.25) is 0 Å². The molecular formula is C19H24N4O2S2. The highest BCUT2D eigenvalue weighted by Crippen LogP contribution is 2.28. The number of nitrogens with zero attached hydrogens (tertiary/aromatic N) is 4. The lowest BCUT2D eigenvalue weighted by molar-refractivity contribution is 0.358. The van der Waals surface area contributed by atoms with E-state index in [1.165, 1.54) is 0 Å².